The van der Waals surface area contributed by atoms with Crippen LogP contribution in [0.2, 0.25) is 0 Å². The molecule has 0 unspecified atom stereocenters. The molecule has 0 saturated carbocycles. The smallest absolute Gasteiger partial charge is 0.184 e. The van der Waals surface area contributed by atoms with Crippen LogP contribution >= 0.6 is 15.9 Å². The summed E-state index contributed by atoms with van der Waals surface area (Å²) >= 11 is 3.12. The number of rotatable bonds is 2. The third-order valence-electron chi connectivity index (χ3n) is 1.42. The highest BCUT2D eigenvalue weighted by Gasteiger charge is 2.01. The van der Waals surface area contributed by atoms with E-state index in [9.17, 15) is 8.42 Å². The lowest BCUT2D eigenvalue weighted by molar-refractivity contribution is 0.627. The number of hydrogen-bond donors (Lipinski definition) is 0. The molecule has 4 heteroatoms. The number of alkyl halides is 1. The average molecular weight is 247 g/mol. The summed E-state index contributed by atoms with van der Waals surface area (Å²) in [6.45, 7) is 0. The molecule has 12 heavy (non-hydrogen) atoms. The van der Waals surface area contributed by atoms with Crippen LogP contribution in [0.25, 0.3) is 0 Å². The Labute approximate surface area is 80.9 Å². The fraction of sp³-hybridized carbons (Fsp3) is 0.125. The van der Waals surface area contributed by atoms with Gasteiger partial charge in [-0.3, -0.25) is 0 Å². The third kappa shape index (κ3) is 2.19. The third-order valence-corrected chi connectivity index (χ3v) is 3.13. The fourth-order valence-corrected chi connectivity index (χ4v) is 2.14. The van der Waals surface area contributed by atoms with Gasteiger partial charge in [-0.1, -0.05) is 46.3 Å². The summed E-state index contributed by atoms with van der Waals surface area (Å²) in [5.74, 6) is 0. The number of halogens is 1. The molecule has 1 rings (SSSR count). The summed E-state index contributed by atoms with van der Waals surface area (Å²) in [6, 6.07) is 9.01. The van der Waals surface area contributed by atoms with Crippen molar-refractivity contribution in [2.24, 2.45) is 0 Å². The lowest BCUT2D eigenvalue weighted by Crippen LogP contribution is -2.02. The highest BCUT2D eigenvalue weighted by molar-refractivity contribution is 9.09. The van der Waals surface area contributed by atoms with Crippen molar-refractivity contribution in [3.05, 3.63) is 35.9 Å². The summed E-state index contributed by atoms with van der Waals surface area (Å²) in [7, 11) is -2.13. The topological polar surface area (TPSA) is 34.1 Å². The van der Waals surface area contributed by atoms with E-state index in [1.165, 1.54) is 0 Å². The molecule has 0 aromatic heterocycles. The lowest BCUT2D eigenvalue weighted by atomic mass is 10.2. The molecular formula is C8H7BrO2S. The summed E-state index contributed by atoms with van der Waals surface area (Å²) in [5.41, 5.74) is 0.739. The molecule has 0 bridgehead atoms. The van der Waals surface area contributed by atoms with E-state index < -0.39 is 10.3 Å². The second-order valence-corrected chi connectivity index (χ2v) is 3.68. The van der Waals surface area contributed by atoms with Crippen molar-refractivity contribution in [1.29, 1.82) is 0 Å². The zero-order valence-corrected chi connectivity index (χ0v) is 8.60. The predicted octanol–water partition coefficient (Wildman–Crippen LogP) is 1.48. The number of benzene rings is 1. The summed E-state index contributed by atoms with van der Waals surface area (Å²) in [6.07, 6.45) is 0. The monoisotopic (exact) mass is 246 g/mol. The molecule has 2 nitrogen and oxygen atoms in total. The first-order valence-electron chi connectivity index (χ1n) is 3.32. The average Bonchev–Trinajstić information content (AvgIpc) is 2.07. The van der Waals surface area contributed by atoms with Crippen LogP contribution in [-0.4, -0.2) is 18.6 Å². The van der Waals surface area contributed by atoms with Gasteiger partial charge in [0.2, 0.25) is 10.3 Å². The Balaban J connectivity index is 3.24. The van der Waals surface area contributed by atoms with Gasteiger partial charge in [-0.25, -0.2) is 0 Å². The first-order valence-corrected chi connectivity index (χ1v) is 5.52. The largest absolute Gasteiger partial charge is 0.218 e. The Kier molecular flexibility index (Phi) is 3.49. The van der Waals surface area contributed by atoms with Crippen LogP contribution in [0, 0.1) is 0 Å². The quantitative estimate of drug-likeness (QED) is 0.450. The SMILES string of the molecule is O=S(=O)=C(CBr)c1ccccc1. The summed E-state index contributed by atoms with van der Waals surface area (Å²) in [4.78, 5) is 0.385. The minimum atomic E-state index is -2.13. The summed E-state index contributed by atoms with van der Waals surface area (Å²) < 4.78 is 21.3. The van der Waals surface area contributed by atoms with E-state index in [1.807, 2.05) is 18.2 Å². The molecule has 0 aliphatic heterocycles. The molecule has 0 fully saturated rings. The molecule has 0 N–H and O–H groups in total. The van der Waals surface area contributed by atoms with E-state index in [0.29, 0.717) is 10.2 Å². The second kappa shape index (κ2) is 4.42. The minimum Gasteiger partial charge on any atom is -0.184 e. The van der Waals surface area contributed by atoms with Gasteiger partial charge >= 0.3 is 0 Å². The van der Waals surface area contributed by atoms with Crippen LogP contribution < -0.4 is 0 Å². The molecule has 0 amide bonds. The van der Waals surface area contributed by atoms with Crippen LogP contribution in [0.3, 0.4) is 0 Å². The van der Waals surface area contributed by atoms with E-state index in [0.717, 1.165) is 5.56 Å². The Hall–Kier alpha value is -0.610. The maximum atomic E-state index is 10.7. The first-order chi connectivity index (χ1) is 5.75. The Morgan fingerprint density at radius 2 is 1.83 bits per heavy atom. The van der Waals surface area contributed by atoms with Crippen molar-refractivity contribution < 1.29 is 8.42 Å². The molecular weight excluding hydrogens is 240 g/mol. The normalized spacial score (nSPS) is 9.42. The van der Waals surface area contributed by atoms with E-state index in [-0.39, 0.29) is 0 Å². The fourth-order valence-electron chi connectivity index (χ4n) is 0.842. The minimum absolute atomic E-state index is 0.354. The number of hydrogen-bond acceptors (Lipinski definition) is 2. The highest BCUT2D eigenvalue weighted by atomic mass is 79.9. The zero-order valence-electron chi connectivity index (χ0n) is 6.20. The van der Waals surface area contributed by atoms with Gasteiger partial charge < -0.3 is 0 Å². The van der Waals surface area contributed by atoms with Gasteiger partial charge in [-0.15, -0.1) is 0 Å². The van der Waals surface area contributed by atoms with Gasteiger partial charge in [0.25, 0.3) is 0 Å². The molecule has 0 saturated heterocycles. The van der Waals surface area contributed by atoms with Crippen LogP contribution in [0.4, 0.5) is 0 Å². The molecule has 0 aliphatic carbocycles. The van der Waals surface area contributed by atoms with E-state index in [2.05, 4.69) is 15.9 Å². The predicted molar refractivity (Wildman–Crippen MR) is 53.3 cm³/mol. The first kappa shape index (κ1) is 9.48. The lowest BCUT2D eigenvalue weighted by Gasteiger charge is -1.95. The Morgan fingerprint density at radius 3 is 2.25 bits per heavy atom. The Morgan fingerprint density at radius 1 is 1.25 bits per heavy atom. The Bertz CT molecular complexity index is 373. The molecule has 64 valence electrons. The van der Waals surface area contributed by atoms with E-state index >= 15 is 0 Å². The van der Waals surface area contributed by atoms with Crippen LogP contribution in [0.15, 0.2) is 30.3 Å². The molecule has 0 spiro atoms. The van der Waals surface area contributed by atoms with Gasteiger partial charge in [0, 0.05) is 5.33 Å². The summed E-state index contributed by atoms with van der Waals surface area (Å²) in [5, 5.41) is 0.354. The molecule has 0 heterocycles. The van der Waals surface area contributed by atoms with Gasteiger partial charge in [-0.2, -0.15) is 8.42 Å². The molecule has 1 aromatic carbocycles. The van der Waals surface area contributed by atoms with E-state index in [4.69, 9.17) is 0 Å². The van der Waals surface area contributed by atoms with Crippen LogP contribution in [0.5, 0.6) is 0 Å². The standard InChI is InChI=1S/C8H7BrO2S/c9-6-8(12(10)11)7-4-2-1-3-5-7/h1-5H,6H2. The van der Waals surface area contributed by atoms with Crippen molar-refractivity contribution in [2.45, 2.75) is 0 Å². The maximum Gasteiger partial charge on any atom is 0.218 e. The van der Waals surface area contributed by atoms with Gasteiger partial charge in [0.15, 0.2) is 0 Å². The van der Waals surface area contributed by atoms with Crippen LogP contribution in [-0.2, 0) is 10.3 Å². The van der Waals surface area contributed by atoms with Gasteiger partial charge in [0.05, 0.1) is 4.86 Å². The molecule has 1 aromatic rings. The van der Waals surface area contributed by atoms with Crippen molar-refractivity contribution in [3.8, 4) is 0 Å². The van der Waals surface area contributed by atoms with Crippen molar-refractivity contribution >= 4 is 31.1 Å². The van der Waals surface area contributed by atoms with Crippen LogP contribution in [0.1, 0.15) is 5.56 Å². The van der Waals surface area contributed by atoms with Crippen molar-refractivity contribution in [1.82, 2.24) is 0 Å². The van der Waals surface area contributed by atoms with Gasteiger partial charge in [-0.05, 0) is 5.56 Å². The zero-order chi connectivity index (χ0) is 8.97. The molecule has 0 aliphatic rings. The maximum absolute atomic E-state index is 10.7. The second-order valence-electron chi connectivity index (χ2n) is 2.16. The van der Waals surface area contributed by atoms with E-state index in [1.54, 1.807) is 12.1 Å². The molecule has 0 radical (unpaired) electrons. The highest BCUT2D eigenvalue weighted by Crippen LogP contribution is 2.01. The van der Waals surface area contributed by atoms with Gasteiger partial charge in [0.1, 0.15) is 0 Å². The molecule has 0 atom stereocenters. The van der Waals surface area contributed by atoms with Crippen molar-refractivity contribution in [2.75, 3.05) is 5.33 Å². The van der Waals surface area contributed by atoms with Crippen molar-refractivity contribution in [3.63, 3.8) is 0 Å².